The average molecular weight is 117 g/mol. The summed E-state index contributed by atoms with van der Waals surface area (Å²) in [7, 11) is 0. The number of rotatable bonds is 0. The first-order valence-electron chi connectivity index (χ1n) is 0.868. The molecule has 0 rings (SSSR count). The molecule has 0 atom stereocenters. The fourth-order valence-electron chi connectivity index (χ4n) is 0. The van der Waals surface area contributed by atoms with Crippen LogP contribution in [0.1, 0.15) is 1.43 Å². The van der Waals surface area contributed by atoms with Crippen molar-refractivity contribution in [1.82, 2.24) is 0 Å². The van der Waals surface area contributed by atoms with Crippen molar-refractivity contribution in [3.8, 4) is 0 Å². The van der Waals surface area contributed by atoms with Gasteiger partial charge in [-0.25, -0.2) is 4.79 Å². The molecule has 4 nitrogen and oxygen atoms in total. The molecule has 0 aliphatic rings. The van der Waals surface area contributed by atoms with Crippen LogP contribution in [0.2, 0.25) is 0 Å². The molecule has 0 amide bonds. The van der Waals surface area contributed by atoms with Crippen molar-refractivity contribution in [1.29, 1.82) is 0 Å². The summed E-state index contributed by atoms with van der Waals surface area (Å²) in [5.41, 5.74) is 0. The Hall–Kier alpha value is 0.866. The van der Waals surface area contributed by atoms with Gasteiger partial charge in [0.2, 0.25) is 0 Å². The van der Waals surface area contributed by atoms with Crippen LogP contribution in [0.15, 0.2) is 0 Å². The van der Waals surface area contributed by atoms with E-state index >= 15 is 0 Å². The standard InChI is InChI=1S/CH3NO3.K.H/c2-5-1(3)4;;/h2H2,(H,3,4);;/q;+1;-1. The molecule has 0 aromatic heterocycles. The first-order chi connectivity index (χ1) is 2.27. The Balaban J connectivity index is -0.0000000800. The summed E-state index contributed by atoms with van der Waals surface area (Å²) >= 11 is 0. The van der Waals surface area contributed by atoms with Gasteiger partial charge in [-0.15, -0.1) is 0 Å². The molecule has 0 aliphatic carbocycles. The summed E-state index contributed by atoms with van der Waals surface area (Å²) in [5, 5.41) is 7.38. The van der Waals surface area contributed by atoms with Gasteiger partial charge in [-0.2, -0.15) is 5.90 Å². The van der Waals surface area contributed by atoms with Gasteiger partial charge in [-0.3, -0.25) is 0 Å². The summed E-state index contributed by atoms with van der Waals surface area (Å²) in [6, 6.07) is 0. The fourth-order valence-corrected chi connectivity index (χ4v) is 0. The van der Waals surface area contributed by atoms with Crippen molar-refractivity contribution in [2.24, 2.45) is 5.90 Å². The van der Waals surface area contributed by atoms with Gasteiger partial charge in [0.25, 0.3) is 0 Å². The van der Waals surface area contributed by atoms with Crippen molar-refractivity contribution in [2.75, 3.05) is 0 Å². The zero-order valence-electron chi connectivity index (χ0n) is 4.34. The molecule has 0 saturated carbocycles. The predicted octanol–water partition coefficient (Wildman–Crippen LogP) is -3.33. The van der Waals surface area contributed by atoms with Crippen LogP contribution >= 0.6 is 0 Å². The van der Waals surface area contributed by atoms with Gasteiger partial charge < -0.3 is 11.4 Å². The minimum absolute atomic E-state index is 0. The van der Waals surface area contributed by atoms with Crippen molar-refractivity contribution in [2.45, 2.75) is 0 Å². The molecular weight excluding hydrogens is 113 g/mol. The van der Waals surface area contributed by atoms with Crippen LogP contribution in [0.4, 0.5) is 4.79 Å². The molecule has 6 heavy (non-hydrogen) atoms. The van der Waals surface area contributed by atoms with E-state index in [9.17, 15) is 0 Å². The number of carboxylic acid groups (broad SMARTS) is 1. The quantitative estimate of drug-likeness (QED) is 0.257. The van der Waals surface area contributed by atoms with E-state index in [1.54, 1.807) is 0 Å². The molecule has 0 aromatic rings. The first kappa shape index (κ1) is 9.98. The van der Waals surface area contributed by atoms with Crippen molar-refractivity contribution in [3.05, 3.63) is 0 Å². The summed E-state index contributed by atoms with van der Waals surface area (Å²) in [6.45, 7) is 0. The third-order valence-corrected chi connectivity index (χ3v) is 0.101. The van der Waals surface area contributed by atoms with Gasteiger partial charge in [0, 0.05) is 0 Å². The van der Waals surface area contributed by atoms with E-state index in [0.717, 1.165) is 0 Å². The van der Waals surface area contributed by atoms with Crippen LogP contribution in [-0.2, 0) is 4.84 Å². The van der Waals surface area contributed by atoms with Crippen LogP contribution in [0, 0.1) is 0 Å². The SMILES string of the molecule is NOC(=O)O.[H-].[K+]. The Morgan fingerprint density at radius 1 is 2.00 bits per heavy atom. The monoisotopic (exact) mass is 117 g/mol. The zero-order valence-corrected chi connectivity index (χ0v) is 6.46. The Kier molecular flexibility index (Phi) is 9.76. The fraction of sp³-hybridized carbons (Fsp3) is 0. The maximum absolute atomic E-state index is 9.02. The van der Waals surface area contributed by atoms with Crippen LogP contribution < -0.4 is 57.3 Å². The van der Waals surface area contributed by atoms with E-state index in [1.807, 2.05) is 0 Å². The summed E-state index contributed by atoms with van der Waals surface area (Å²) < 4.78 is 0. The smallest absolute Gasteiger partial charge is 1.00 e. The molecule has 3 N–H and O–H groups in total. The van der Waals surface area contributed by atoms with Gasteiger partial charge in [0.05, 0.1) is 0 Å². The van der Waals surface area contributed by atoms with Crippen molar-refractivity contribution in [3.63, 3.8) is 0 Å². The largest absolute Gasteiger partial charge is 1.00 e. The Bertz CT molecular complexity index is 50.2. The maximum atomic E-state index is 9.02. The Morgan fingerprint density at radius 2 is 2.17 bits per heavy atom. The molecule has 0 bridgehead atoms. The molecule has 0 heterocycles. The van der Waals surface area contributed by atoms with Gasteiger partial charge in [0.15, 0.2) is 0 Å². The molecule has 0 fully saturated rings. The molecule has 32 valence electrons. The summed E-state index contributed by atoms with van der Waals surface area (Å²) in [6.07, 6.45) is -1.47. The predicted molar refractivity (Wildman–Crippen MR) is 14.4 cm³/mol. The van der Waals surface area contributed by atoms with Crippen molar-refractivity contribution >= 4 is 6.16 Å². The molecule has 5 heteroatoms. The average Bonchev–Trinajstić information content (AvgIpc) is 1.38. The van der Waals surface area contributed by atoms with E-state index in [4.69, 9.17) is 9.90 Å². The van der Waals surface area contributed by atoms with Gasteiger partial charge >= 0.3 is 57.5 Å². The van der Waals surface area contributed by atoms with Crippen LogP contribution in [0.25, 0.3) is 0 Å². The molecule has 0 radical (unpaired) electrons. The number of nitrogens with two attached hydrogens (primary N) is 1. The van der Waals surface area contributed by atoms with Gasteiger partial charge in [-0.1, -0.05) is 0 Å². The molecule has 0 spiro atoms. The normalized spacial score (nSPS) is 5.50. The second-order valence-electron chi connectivity index (χ2n) is 0.384. The van der Waals surface area contributed by atoms with Gasteiger partial charge in [0.1, 0.15) is 0 Å². The van der Waals surface area contributed by atoms with E-state index in [1.165, 1.54) is 0 Å². The first-order valence-corrected chi connectivity index (χ1v) is 0.868. The maximum Gasteiger partial charge on any atom is 1.00 e. The minimum atomic E-state index is -1.47. The van der Waals surface area contributed by atoms with E-state index < -0.39 is 6.16 Å². The summed E-state index contributed by atoms with van der Waals surface area (Å²) in [5.74, 6) is 4.07. The number of hydrogen-bond acceptors (Lipinski definition) is 3. The second kappa shape index (κ2) is 5.87. The molecule has 0 saturated heterocycles. The molecular formula is CH4KNO3. The van der Waals surface area contributed by atoms with E-state index in [-0.39, 0.29) is 52.8 Å². The summed E-state index contributed by atoms with van der Waals surface area (Å²) in [4.78, 5) is 12.2. The van der Waals surface area contributed by atoms with Crippen LogP contribution in [0.3, 0.4) is 0 Å². The Morgan fingerprint density at radius 3 is 2.17 bits per heavy atom. The van der Waals surface area contributed by atoms with Crippen LogP contribution in [0.5, 0.6) is 0 Å². The van der Waals surface area contributed by atoms with Crippen LogP contribution in [-0.4, -0.2) is 11.3 Å². The van der Waals surface area contributed by atoms with E-state index in [0.29, 0.717) is 0 Å². The number of hydrogen-bond donors (Lipinski definition) is 2. The zero-order chi connectivity index (χ0) is 4.28. The minimum Gasteiger partial charge on any atom is -1.00 e. The number of carbonyl (C=O) groups is 1. The third kappa shape index (κ3) is 8.85. The molecule has 0 unspecified atom stereocenters. The third-order valence-electron chi connectivity index (χ3n) is 0.101. The second-order valence-corrected chi connectivity index (χ2v) is 0.384. The molecule has 0 aromatic carbocycles. The van der Waals surface area contributed by atoms with E-state index in [2.05, 4.69) is 10.7 Å². The topological polar surface area (TPSA) is 72.5 Å². The van der Waals surface area contributed by atoms with Crippen molar-refractivity contribution < 1.29 is 67.5 Å². The molecule has 0 aliphatic heterocycles. The Labute approximate surface area is 78.5 Å². The van der Waals surface area contributed by atoms with Gasteiger partial charge in [-0.05, 0) is 0 Å².